The summed E-state index contributed by atoms with van der Waals surface area (Å²) in [5.41, 5.74) is 2.77. The summed E-state index contributed by atoms with van der Waals surface area (Å²) in [5.74, 6) is 0.860. The monoisotopic (exact) mass is 371 g/mol. The summed E-state index contributed by atoms with van der Waals surface area (Å²) in [6, 6.07) is 7.45. The number of carbonyl (C=O) groups excluding carboxylic acids is 1. The summed E-state index contributed by atoms with van der Waals surface area (Å²) in [7, 11) is 0. The average Bonchev–Trinajstić information content (AvgIpc) is 2.54. The molecule has 0 saturated heterocycles. The topological polar surface area (TPSA) is 84.3 Å². The number of nitrogens with zero attached hydrogens (tertiary/aromatic N) is 2. The standard InChI is InChI=1S/C21H29N3O3/c1-13(26)27-19-16(20(2,3)4)10-15(11-17(19)21(5,6)7)22-18-9-8-14(12-25)23-24-18/h8-11,25H,12H2,1-7H3,(H,22,24). The van der Waals surface area contributed by atoms with Crippen molar-refractivity contribution in [1.29, 1.82) is 0 Å². The van der Waals surface area contributed by atoms with Crippen molar-refractivity contribution < 1.29 is 14.6 Å². The zero-order valence-corrected chi connectivity index (χ0v) is 17.2. The lowest BCUT2D eigenvalue weighted by Crippen LogP contribution is -2.21. The first kappa shape index (κ1) is 20.8. The minimum Gasteiger partial charge on any atom is -0.426 e. The number of aliphatic hydroxyl groups excluding tert-OH is 1. The highest BCUT2D eigenvalue weighted by molar-refractivity contribution is 5.73. The van der Waals surface area contributed by atoms with E-state index in [1.54, 1.807) is 12.1 Å². The van der Waals surface area contributed by atoms with Crippen molar-refractivity contribution in [2.24, 2.45) is 0 Å². The zero-order chi connectivity index (χ0) is 20.4. The summed E-state index contributed by atoms with van der Waals surface area (Å²) in [6.45, 7) is 13.8. The summed E-state index contributed by atoms with van der Waals surface area (Å²) in [5, 5.41) is 20.4. The van der Waals surface area contributed by atoms with E-state index in [9.17, 15) is 4.79 Å². The van der Waals surface area contributed by atoms with Gasteiger partial charge in [0.25, 0.3) is 0 Å². The van der Waals surface area contributed by atoms with Gasteiger partial charge < -0.3 is 15.2 Å². The molecule has 0 fully saturated rings. The van der Waals surface area contributed by atoms with Crippen molar-refractivity contribution in [3.63, 3.8) is 0 Å². The number of hydrogen-bond acceptors (Lipinski definition) is 6. The molecule has 0 atom stereocenters. The number of aromatic nitrogens is 2. The van der Waals surface area contributed by atoms with E-state index in [-0.39, 0.29) is 23.4 Å². The fourth-order valence-corrected chi connectivity index (χ4v) is 2.73. The molecule has 1 heterocycles. The van der Waals surface area contributed by atoms with Crippen LogP contribution in [0.5, 0.6) is 5.75 Å². The number of nitrogens with one attached hydrogen (secondary N) is 1. The Hall–Kier alpha value is -2.47. The molecule has 1 aromatic carbocycles. The molecule has 0 aliphatic carbocycles. The number of carbonyl (C=O) groups is 1. The normalized spacial score (nSPS) is 12.0. The number of rotatable bonds is 4. The second-order valence-electron chi connectivity index (χ2n) is 8.69. The molecule has 2 rings (SSSR count). The lowest BCUT2D eigenvalue weighted by Gasteiger charge is -2.30. The van der Waals surface area contributed by atoms with E-state index in [0.717, 1.165) is 16.8 Å². The first-order chi connectivity index (χ1) is 12.4. The van der Waals surface area contributed by atoms with Gasteiger partial charge in [0.1, 0.15) is 5.75 Å². The highest BCUT2D eigenvalue weighted by atomic mass is 16.5. The van der Waals surface area contributed by atoms with Crippen molar-refractivity contribution >= 4 is 17.5 Å². The van der Waals surface area contributed by atoms with Gasteiger partial charge in [-0.15, -0.1) is 5.10 Å². The first-order valence-corrected chi connectivity index (χ1v) is 8.99. The van der Waals surface area contributed by atoms with Gasteiger partial charge in [-0.25, -0.2) is 0 Å². The van der Waals surface area contributed by atoms with Crippen LogP contribution in [-0.4, -0.2) is 21.3 Å². The fourth-order valence-electron chi connectivity index (χ4n) is 2.73. The Morgan fingerprint density at radius 2 is 1.59 bits per heavy atom. The van der Waals surface area contributed by atoms with E-state index < -0.39 is 0 Å². The third-order valence-electron chi connectivity index (χ3n) is 4.10. The van der Waals surface area contributed by atoms with Crippen LogP contribution in [0.25, 0.3) is 0 Å². The van der Waals surface area contributed by atoms with Gasteiger partial charge in [-0.1, -0.05) is 41.5 Å². The predicted octanol–water partition coefficient (Wildman–Crippen LogP) is 4.23. The summed E-state index contributed by atoms with van der Waals surface area (Å²) in [4.78, 5) is 11.7. The SMILES string of the molecule is CC(=O)Oc1c(C(C)(C)C)cc(Nc2ccc(CO)nn2)cc1C(C)(C)C. The zero-order valence-electron chi connectivity index (χ0n) is 17.2. The Morgan fingerprint density at radius 3 is 1.96 bits per heavy atom. The Kier molecular flexibility index (Phi) is 5.90. The van der Waals surface area contributed by atoms with Gasteiger partial charge in [-0.3, -0.25) is 4.79 Å². The highest BCUT2D eigenvalue weighted by Gasteiger charge is 2.29. The highest BCUT2D eigenvalue weighted by Crippen LogP contribution is 2.42. The van der Waals surface area contributed by atoms with E-state index in [2.05, 4.69) is 57.1 Å². The molecule has 0 spiro atoms. The molecule has 146 valence electrons. The van der Waals surface area contributed by atoms with Crippen LogP contribution in [0.1, 0.15) is 65.3 Å². The van der Waals surface area contributed by atoms with Crippen molar-refractivity contribution in [3.05, 3.63) is 41.1 Å². The van der Waals surface area contributed by atoms with Crippen LogP contribution >= 0.6 is 0 Å². The Balaban J connectivity index is 2.59. The number of benzene rings is 1. The number of hydrogen-bond donors (Lipinski definition) is 2. The van der Waals surface area contributed by atoms with Crippen LogP contribution in [0.15, 0.2) is 24.3 Å². The third kappa shape index (κ3) is 5.26. The summed E-state index contributed by atoms with van der Waals surface area (Å²) < 4.78 is 5.64. The molecule has 0 bridgehead atoms. The largest absolute Gasteiger partial charge is 0.426 e. The maximum Gasteiger partial charge on any atom is 0.308 e. The van der Waals surface area contributed by atoms with Crippen LogP contribution < -0.4 is 10.1 Å². The molecule has 27 heavy (non-hydrogen) atoms. The van der Waals surface area contributed by atoms with Crippen molar-refractivity contribution in [2.45, 2.75) is 65.9 Å². The molecule has 0 unspecified atom stereocenters. The molecule has 0 saturated carbocycles. The number of esters is 1. The molecular formula is C21H29N3O3. The van der Waals surface area contributed by atoms with Crippen LogP contribution in [0, 0.1) is 0 Å². The van der Waals surface area contributed by atoms with Gasteiger partial charge in [0.05, 0.1) is 12.3 Å². The van der Waals surface area contributed by atoms with Crippen LogP contribution in [0.2, 0.25) is 0 Å². The Bertz CT molecular complexity index is 781. The second-order valence-corrected chi connectivity index (χ2v) is 8.69. The fraction of sp³-hybridized carbons (Fsp3) is 0.476. The quantitative estimate of drug-likeness (QED) is 0.618. The van der Waals surface area contributed by atoms with E-state index in [1.165, 1.54) is 6.92 Å². The Morgan fingerprint density at radius 1 is 1.04 bits per heavy atom. The average molecular weight is 371 g/mol. The summed E-state index contributed by atoms with van der Waals surface area (Å²) in [6.07, 6.45) is 0. The molecule has 1 aromatic heterocycles. The Labute approximate surface area is 161 Å². The van der Waals surface area contributed by atoms with E-state index in [4.69, 9.17) is 9.84 Å². The predicted molar refractivity (Wildman–Crippen MR) is 106 cm³/mol. The number of anilines is 2. The second kappa shape index (κ2) is 7.64. The minimum absolute atomic E-state index is 0.146. The van der Waals surface area contributed by atoms with Crippen molar-refractivity contribution in [2.75, 3.05) is 5.32 Å². The molecule has 6 heteroatoms. The number of aliphatic hydroxyl groups is 1. The lowest BCUT2D eigenvalue weighted by molar-refractivity contribution is -0.132. The molecular weight excluding hydrogens is 342 g/mol. The van der Waals surface area contributed by atoms with Crippen molar-refractivity contribution in [3.8, 4) is 5.75 Å². The maximum absolute atomic E-state index is 11.7. The molecule has 0 amide bonds. The molecule has 2 N–H and O–H groups in total. The molecule has 0 radical (unpaired) electrons. The summed E-state index contributed by atoms with van der Waals surface area (Å²) >= 11 is 0. The minimum atomic E-state index is -0.336. The first-order valence-electron chi connectivity index (χ1n) is 8.99. The van der Waals surface area contributed by atoms with Gasteiger partial charge in [0, 0.05) is 23.7 Å². The molecule has 6 nitrogen and oxygen atoms in total. The van der Waals surface area contributed by atoms with E-state index in [0.29, 0.717) is 17.3 Å². The van der Waals surface area contributed by atoms with Crippen LogP contribution in [0.4, 0.5) is 11.5 Å². The van der Waals surface area contributed by atoms with Crippen LogP contribution in [-0.2, 0) is 22.2 Å². The van der Waals surface area contributed by atoms with Gasteiger partial charge >= 0.3 is 5.97 Å². The third-order valence-corrected chi connectivity index (χ3v) is 4.10. The maximum atomic E-state index is 11.7. The smallest absolute Gasteiger partial charge is 0.308 e. The number of ether oxygens (including phenoxy) is 1. The van der Waals surface area contributed by atoms with E-state index in [1.807, 2.05) is 12.1 Å². The van der Waals surface area contributed by atoms with E-state index >= 15 is 0 Å². The van der Waals surface area contributed by atoms with Gasteiger partial charge in [0.15, 0.2) is 5.82 Å². The van der Waals surface area contributed by atoms with Crippen LogP contribution in [0.3, 0.4) is 0 Å². The van der Waals surface area contributed by atoms with Gasteiger partial charge in [-0.2, -0.15) is 5.10 Å². The van der Waals surface area contributed by atoms with Gasteiger partial charge in [0.2, 0.25) is 0 Å². The molecule has 2 aromatic rings. The van der Waals surface area contributed by atoms with Crippen molar-refractivity contribution in [1.82, 2.24) is 10.2 Å². The molecule has 0 aliphatic heterocycles. The molecule has 0 aliphatic rings. The lowest BCUT2D eigenvalue weighted by atomic mass is 9.79. The van der Waals surface area contributed by atoms with Gasteiger partial charge in [-0.05, 0) is 35.1 Å².